The highest BCUT2D eigenvalue weighted by atomic mass is 16.5. The van der Waals surface area contributed by atoms with Gasteiger partial charge in [0, 0.05) is 6.54 Å². The van der Waals surface area contributed by atoms with Crippen LogP contribution in [0, 0.1) is 0 Å². The molecule has 0 aromatic heterocycles. The van der Waals surface area contributed by atoms with E-state index in [-0.39, 0.29) is 11.9 Å². The molecule has 0 radical (unpaired) electrons. The van der Waals surface area contributed by atoms with E-state index < -0.39 is 5.54 Å². The molecule has 0 aliphatic carbocycles. The molecule has 2 aromatic carbocycles. The zero-order chi connectivity index (χ0) is 19.4. The number of ether oxygens (including phenoxy) is 2. The molecule has 6 nitrogen and oxygen atoms in total. The van der Waals surface area contributed by atoms with Crippen molar-refractivity contribution in [1.29, 1.82) is 0 Å². The van der Waals surface area contributed by atoms with Crippen molar-refractivity contribution in [3.05, 3.63) is 59.7 Å². The van der Waals surface area contributed by atoms with E-state index in [0.717, 1.165) is 12.8 Å². The summed E-state index contributed by atoms with van der Waals surface area (Å²) in [5.74, 6) is 1.10. The number of hydrogen-bond acceptors (Lipinski definition) is 4. The molecular weight excluding hydrogens is 344 g/mol. The third-order valence-corrected chi connectivity index (χ3v) is 4.89. The van der Waals surface area contributed by atoms with E-state index in [2.05, 4.69) is 5.32 Å². The summed E-state index contributed by atoms with van der Waals surface area (Å²) in [7, 11) is 3.17. The number of carbonyl (C=O) groups is 2. The summed E-state index contributed by atoms with van der Waals surface area (Å²) in [6.45, 7) is 2.42. The van der Waals surface area contributed by atoms with Crippen LogP contribution in [0.4, 0.5) is 4.79 Å². The van der Waals surface area contributed by atoms with Crippen molar-refractivity contribution in [1.82, 2.24) is 10.2 Å². The fraction of sp³-hybridized carbons (Fsp3) is 0.333. The Morgan fingerprint density at radius 2 is 1.37 bits per heavy atom. The zero-order valence-corrected chi connectivity index (χ0v) is 15.8. The molecule has 0 spiro atoms. The Morgan fingerprint density at radius 3 is 1.78 bits per heavy atom. The molecule has 0 unspecified atom stereocenters. The quantitative estimate of drug-likeness (QED) is 0.762. The van der Waals surface area contributed by atoms with Gasteiger partial charge in [0.1, 0.15) is 11.5 Å². The lowest BCUT2D eigenvalue weighted by atomic mass is 9.82. The molecule has 142 valence electrons. The Kier molecular flexibility index (Phi) is 5.35. The number of carbonyl (C=O) groups excluding carboxylic acids is 2. The van der Waals surface area contributed by atoms with E-state index in [1.807, 2.05) is 31.2 Å². The Morgan fingerprint density at radius 1 is 0.889 bits per heavy atom. The highest BCUT2D eigenvalue weighted by Crippen LogP contribution is 2.37. The molecule has 27 heavy (non-hydrogen) atoms. The Labute approximate surface area is 159 Å². The number of nitrogens with zero attached hydrogens (tertiary/aromatic N) is 1. The zero-order valence-electron chi connectivity index (χ0n) is 15.8. The van der Waals surface area contributed by atoms with E-state index in [0.29, 0.717) is 29.2 Å². The van der Waals surface area contributed by atoms with Crippen LogP contribution in [-0.4, -0.2) is 37.6 Å². The molecule has 1 fully saturated rings. The minimum atomic E-state index is -1.26. The van der Waals surface area contributed by atoms with Crippen LogP contribution in [0.25, 0.3) is 0 Å². The highest BCUT2D eigenvalue weighted by molar-refractivity contribution is 6.09. The van der Waals surface area contributed by atoms with Crippen molar-refractivity contribution in [2.75, 3.05) is 20.8 Å². The van der Waals surface area contributed by atoms with Crippen LogP contribution < -0.4 is 14.8 Å². The maximum Gasteiger partial charge on any atom is 0.325 e. The standard InChI is InChI=1S/C21H24N2O4/c1-4-5-14-23-19(24)21(22-20(23)25,15-6-10-17(26-2)11-7-15)16-8-12-18(27-3)13-9-16/h6-13H,4-5,14H2,1-3H3,(H,22,25). The van der Waals surface area contributed by atoms with Crippen LogP contribution in [0.3, 0.4) is 0 Å². The predicted molar refractivity (Wildman–Crippen MR) is 102 cm³/mol. The van der Waals surface area contributed by atoms with Gasteiger partial charge in [-0.1, -0.05) is 37.6 Å². The van der Waals surface area contributed by atoms with Gasteiger partial charge in [-0.05, 0) is 41.8 Å². The summed E-state index contributed by atoms with van der Waals surface area (Å²) < 4.78 is 10.4. The molecule has 3 rings (SSSR count). The minimum Gasteiger partial charge on any atom is -0.497 e. The van der Waals surface area contributed by atoms with Gasteiger partial charge in [0.15, 0.2) is 5.54 Å². The molecular formula is C21H24N2O4. The SMILES string of the molecule is CCCCN1C(=O)NC(c2ccc(OC)cc2)(c2ccc(OC)cc2)C1=O. The summed E-state index contributed by atoms with van der Waals surface area (Å²) in [4.78, 5) is 27.4. The van der Waals surface area contributed by atoms with E-state index in [1.165, 1.54) is 4.90 Å². The molecule has 0 bridgehead atoms. The molecule has 3 amide bonds. The maximum atomic E-state index is 13.4. The van der Waals surface area contributed by atoms with Gasteiger partial charge in [0.2, 0.25) is 0 Å². The Bertz CT molecular complexity index is 768. The molecule has 1 aliphatic rings. The number of amides is 3. The predicted octanol–water partition coefficient (Wildman–Crippen LogP) is 3.30. The van der Waals surface area contributed by atoms with Crippen molar-refractivity contribution in [2.45, 2.75) is 25.3 Å². The lowest BCUT2D eigenvalue weighted by molar-refractivity contribution is -0.130. The third-order valence-electron chi connectivity index (χ3n) is 4.89. The highest BCUT2D eigenvalue weighted by Gasteiger charge is 2.53. The number of benzene rings is 2. The second-order valence-electron chi connectivity index (χ2n) is 6.45. The number of unbranched alkanes of at least 4 members (excludes halogenated alkanes) is 1. The molecule has 6 heteroatoms. The largest absolute Gasteiger partial charge is 0.497 e. The van der Waals surface area contributed by atoms with Gasteiger partial charge in [0.05, 0.1) is 14.2 Å². The minimum absolute atomic E-state index is 0.267. The van der Waals surface area contributed by atoms with Crippen LogP contribution in [0.5, 0.6) is 11.5 Å². The van der Waals surface area contributed by atoms with Gasteiger partial charge < -0.3 is 14.8 Å². The van der Waals surface area contributed by atoms with Gasteiger partial charge in [-0.25, -0.2) is 4.79 Å². The molecule has 1 saturated heterocycles. The van der Waals surface area contributed by atoms with Crippen LogP contribution in [0.15, 0.2) is 48.5 Å². The fourth-order valence-corrected chi connectivity index (χ4v) is 3.34. The lowest BCUT2D eigenvalue weighted by Gasteiger charge is -2.28. The fourth-order valence-electron chi connectivity index (χ4n) is 3.34. The second kappa shape index (κ2) is 7.70. The summed E-state index contributed by atoms with van der Waals surface area (Å²) in [6, 6.07) is 14.0. The summed E-state index contributed by atoms with van der Waals surface area (Å²) in [5, 5.41) is 2.94. The van der Waals surface area contributed by atoms with E-state index in [4.69, 9.17) is 9.47 Å². The van der Waals surface area contributed by atoms with E-state index in [9.17, 15) is 9.59 Å². The third kappa shape index (κ3) is 3.23. The Balaban J connectivity index is 2.11. The maximum absolute atomic E-state index is 13.4. The number of methoxy groups -OCH3 is 2. The van der Waals surface area contributed by atoms with Crippen molar-refractivity contribution in [3.63, 3.8) is 0 Å². The number of hydrogen-bond donors (Lipinski definition) is 1. The first-order valence-corrected chi connectivity index (χ1v) is 9.00. The average Bonchev–Trinajstić information content (AvgIpc) is 2.97. The topological polar surface area (TPSA) is 67.9 Å². The van der Waals surface area contributed by atoms with Crippen molar-refractivity contribution < 1.29 is 19.1 Å². The second-order valence-corrected chi connectivity index (χ2v) is 6.45. The van der Waals surface area contributed by atoms with Crippen LogP contribution in [0.1, 0.15) is 30.9 Å². The number of nitrogens with one attached hydrogen (secondary N) is 1. The monoisotopic (exact) mass is 368 g/mol. The van der Waals surface area contributed by atoms with Crippen LogP contribution >= 0.6 is 0 Å². The van der Waals surface area contributed by atoms with Gasteiger partial charge >= 0.3 is 6.03 Å². The van der Waals surface area contributed by atoms with Gasteiger partial charge in [-0.15, -0.1) is 0 Å². The van der Waals surface area contributed by atoms with Gasteiger partial charge in [-0.3, -0.25) is 9.69 Å². The number of urea groups is 1. The molecule has 0 atom stereocenters. The molecule has 1 aliphatic heterocycles. The molecule has 2 aromatic rings. The first-order valence-electron chi connectivity index (χ1n) is 9.00. The van der Waals surface area contributed by atoms with E-state index >= 15 is 0 Å². The summed E-state index contributed by atoms with van der Waals surface area (Å²) in [5.41, 5.74) is 0.111. The number of rotatable bonds is 7. The first kappa shape index (κ1) is 18.8. The summed E-state index contributed by atoms with van der Waals surface area (Å²) in [6.07, 6.45) is 1.66. The Hall–Kier alpha value is -3.02. The van der Waals surface area contributed by atoms with Crippen LogP contribution in [0.2, 0.25) is 0 Å². The van der Waals surface area contributed by atoms with Crippen LogP contribution in [-0.2, 0) is 10.3 Å². The van der Waals surface area contributed by atoms with Crippen molar-refractivity contribution in [2.24, 2.45) is 0 Å². The molecule has 0 saturated carbocycles. The lowest BCUT2D eigenvalue weighted by Crippen LogP contribution is -2.45. The number of imide groups is 1. The van der Waals surface area contributed by atoms with Crippen molar-refractivity contribution >= 4 is 11.9 Å². The van der Waals surface area contributed by atoms with Gasteiger partial charge in [-0.2, -0.15) is 0 Å². The molecule has 1 N–H and O–H groups in total. The van der Waals surface area contributed by atoms with Crippen molar-refractivity contribution in [3.8, 4) is 11.5 Å². The van der Waals surface area contributed by atoms with E-state index in [1.54, 1.807) is 38.5 Å². The molecule has 1 heterocycles. The first-order chi connectivity index (χ1) is 13.1. The summed E-state index contributed by atoms with van der Waals surface area (Å²) >= 11 is 0. The normalized spacial score (nSPS) is 15.6. The van der Waals surface area contributed by atoms with Gasteiger partial charge in [0.25, 0.3) is 5.91 Å². The average molecular weight is 368 g/mol. The smallest absolute Gasteiger partial charge is 0.325 e.